The van der Waals surface area contributed by atoms with Crippen LogP contribution in [0.15, 0.2) is 24.4 Å². The predicted octanol–water partition coefficient (Wildman–Crippen LogP) is 1.19. The predicted molar refractivity (Wildman–Crippen MR) is 49.0 cm³/mol. The first-order valence-electron chi connectivity index (χ1n) is 4.06. The summed E-state index contributed by atoms with van der Waals surface area (Å²) in [6, 6.07) is 5.74. The minimum Gasteiger partial charge on any atom is -0.253 e. The van der Waals surface area contributed by atoms with Crippen molar-refractivity contribution in [3.63, 3.8) is 0 Å². The average Bonchev–Trinajstić information content (AvgIpc) is 2.47. The van der Waals surface area contributed by atoms with Crippen LogP contribution in [0.3, 0.4) is 0 Å². The molecule has 0 atom stereocenters. The van der Waals surface area contributed by atoms with E-state index in [9.17, 15) is 0 Å². The molecule has 0 fully saturated rings. The summed E-state index contributed by atoms with van der Waals surface area (Å²) in [4.78, 5) is 8.47. The Morgan fingerprint density at radius 3 is 2.69 bits per heavy atom. The van der Waals surface area contributed by atoms with Gasteiger partial charge in [-0.3, -0.25) is 4.98 Å². The van der Waals surface area contributed by atoms with Crippen molar-refractivity contribution >= 4 is 0 Å². The molecular weight excluding hydrogens is 164 g/mol. The third-order valence-corrected chi connectivity index (χ3v) is 1.76. The summed E-state index contributed by atoms with van der Waals surface area (Å²) < 4.78 is 1.73. The molecule has 0 spiro atoms. The molecule has 0 saturated carbocycles. The Morgan fingerprint density at radius 1 is 1.31 bits per heavy atom. The number of pyridine rings is 1. The lowest BCUT2D eigenvalue weighted by atomic mass is 10.3. The SMILES string of the molecule is Cc1nc(-c2ccccn2)n(C)n1. The Hall–Kier alpha value is -1.71. The molecule has 0 bridgehead atoms. The van der Waals surface area contributed by atoms with Crippen LogP contribution in [0.25, 0.3) is 11.5 Å². The number of rotatable bonds is 1. The summed E-state index contributed by atoms with van der Waals surface area (Å²) in [7, 11) is 1.87. The number of hydrogen-bond donors (Lipinski definition) is 0. The molecule has 4 nitrogen and oxygen atoms in total. The minimum absolute atomic E-state index is 0.767. The topological polar surface area (TPSA) is 43.6 Å². The van der Waals surface area contributed by atoms with E-state index in [4.69, 9.17) is 0 Å². The van der Waals surface area contributed by atoms with Crippen molar-refractivity contribution in [3.8, 4) is 11.5 Å². The molecule has 0 aliphatic carbocycles. The number of aryl methyl sites for hydroxylation is 2. The van der Waals surface area contributed by atoms with E-state index in [0.29, 0.717) is 0 Å². The summed E-state index contributed by atoms with van der Waals surface area (Å²) in [5.74, 6) is 1.57. The molecule has 0 radical (unpaired) electrons. The van der Waals surface area contributed by atoms with Gasteiger partial charge in [-0.15, -0.1) is 0 Å². The van der Waals surface area contributed by atoms with Crippen molar-refractivity contribution < 1.29 is 0 Å². The molecular formula is C9H10N4. The van der Waals surface area contributed by atoms with Gasteiger partial charge in [-0.1, -0.05) is 6.07 Å². The van der Waals surface area contributed by atoms with E-state index in [1.54, 1.807) is 10.9 Å². The van der Waals surface area contributed by atoms with Crippen molar-refractivity contribution in [1.82, 2.24) is 19.7 Å². The van der Waals surface area contributed by atoms with Crippen LogP contribution in [0.5, 0.6) is 0 Å². The van der Waals surface area contributed by atoms with E-state index in [1.807, 2.05) is 32.2 Å². The molecule has 0 saturated heterocycles. The summed E-state index contributed by atoms with van der Waals surface area (Å²) in [5.41, 5.74) is 0.852. The van der Waals surface area contributed by atoms with Crippen LogP contribution >= 0.6 is 0 Å². The van der Waals surface area contributed by atoms with Gasteiger partial charge in [0.25, 0.3) is 0 Å². The quantitative estimate of drug-likeness (QED) is 0.652. The van der Waals surface area contributed by atoms with Gasteiger partial charge in [0.2, 0.25) is 0 Å². The van der Waals surface area contributed by atoms with Gasteiger partial charge in [-0.05, 0) is 19.1 Å². The summed E-state index contributed by atoms with van der Waals surface area (Å²) in [6.07, 6.45) is 1.75. The van der Waals surface area contributed by atoms with Crippen LogP contribution < -0.4 is 0 Å². The summed E-state index contributed by atoms with van der Waals surface area (Å²) in [5, 5.41) is 4.15. The van der Waals surface area contributed by atoms with Gasteiger partial charge in [0.1, 0.15) is 11.5 Å². The molecule has 0 aliphatic rings. The average molecular weight is 174 g/mol. The monoisotopic (exact) mass is 174 g/mol. The van der Waals surface area contributed by atoms with Crippen molar-refractivity contribution in [1.29, 1.82) is 0 Å². The highest BCUT2D eigenvalue weighted by atomic mass is 15.3. The van der Waals surface area contributed by atoms with Crippen LogP contribution in [0.1, 0.15) is 5.82 Å². The van der Waals surface area contributed by atoms with Gasteiger partial charge in [-0.25, -0.2) is 9.67 Å². The lowest BCUT2D eigenvalue weighted by molar-refractivity contribution is 0.761. The van der Waals surface area contributed by atoms with Crippen LogP contribution in [0, 0.1) is 6.92 Å². The standard InChI is InChI=1S/C9H10N4/c1-7-11-9(13(2)12-7)8-5-3-4-6-10-8/h3-6H,1-2H3. The normalized spacial score (nSPS) is 10.3. The van der Waals surface area contributed by atoms with Gasteiger partial charge in [0, 0.05) is 13.2 Å². The first-order chi connectivity index (χ1) is 6.27. The van der Waals surface area contributed by atoms with Gasteiger partial charge < -0.3 is 0 Å². The highest BCUT2D eigenvalue weighted by Gasteiger charge is 2.06. The number of nitrogens with zero attached hydrogens (tertiary/aromatic N) is 4. The fourth-order valence-corrected chi connectivity index (χ4v) is 1.23. The summed E-state index contributed by atoms with van der Waals surface area (Å²) >= 11 is 0. The third kappa shape index (κ3) is 1.42. The maximum absolute atomic E-state index is 4.27. The van der Waals surface area contributed by atoms with E-state index in [0.717, 1.165) is 17.3 Å². The fourth-order valence-electron chi connectivity index (χ4n) is 1.23. The first kappa shape index (κ1) is 7.91. The van der Waals surface area contributed by atoms with Crippen LogP contribution in [-0.4, -0.2) is 19.7 Å². The maximum Gasteiger partial charge on any atom is 0.176 e. The molecule has 2 heterocycles. The Morgan fingerprint density at radius 2 is 2.15 bits per heavy atom. The van der Waals surface area contributed by atoms with E-state index in [1.165, 1.54) is 0 Å². The zero-order chi connectivity index (χ0) is 9.26. The van der Waals surface area contributed by atoms with Gasteiger partial charge in [0.05, 0.1) is 0 Å². The van der Waals surface area contributed by atoms with Crippen molar-refractivity contribution in [3.05, 3.63) is 30.2 Å². The van der Waals surface area contributed by atoms with Crippen molar-refractivity contribution in [2.24, 2.45) is 7.05 Å². The second-order valence-corrected chi connectivity index (χ2v) is 2.82. The molecule has 2 aromatic rings. The minimum atomic E-state index is 0.767. The molecule has 0 unspecified atom stereocenters. The molecule has 2 aromatic heterocycles. The highest BCUT2D eigenvalue weighted by molar-refractivity contribution is 5.48. The second-order valence-electron chi connectivity index (χ2n) is 2.82. The Kier molecular flexibility index (Phi) is 1.81. The largest absolute Gasteiger partial charge is 0.253 e. The molecule has 66 valence electrons. The molecule has 2 rings (SSSR count). The molecule has 4 heteroatoms. The van der Waals surface area contributed by atoms with Crippen LogP contribution in [0.2, 0.25) is 0 Å². The molecule has 0 aromatic carbocycles. The van der Waals surface area contributed by atoms with Crippen LogP contribution in [-0.2, 0) is 7.05 Å². The number of hydrogen-bond acceptors (Lipinski definition) is 3. The van der Waals surface area contributed by atoms with E-state index < -0.39 is 0 Å². The van der Waals surface area contributed by atoms with Gasteiger partial charge in [0.15, 0.2) is 5.82 Å². The van der Waals surface area contributed by atoms with Crippen molar-refractivity contribution in [2.45, 2.75) is 6.92 Å². The zero-order valence-electron chi connectivity index (χ0n) is 7.60. The van der Waals surface area contributed by atoms with E-state index in [2.05, 4.69) is 15.1 Å². The lowest BCUT2D eigenvalue weighted by Gasteiger charge is -1.96. The molecule has 0 amide bonds. The fraction of sp³-hybridized carbons (Fsp3) is 0.222. The third-order valence-electron chi connectivity index (χ3n) is 1.76. The molecule has 13 heavy (non-hydrogen) atoms. The van der Waals surface area contributed by atoms with Gasteiger partial charge >= 0.3 is 0 Å². The molecule has 0 aliphatic heterocycles. The zero-order valence-corrected chi connectivity index (χ0v) is 7.60. The van der Waals surface area contributed by atoms with Gasteiger partial charge in [-0.2, -0.15) is 5.10 Å². The van der Waals surface area contributed by atoms with E-state index in [-0.39, 0.29) is 0 Å². The first-order valence-corrected chi connectivity index (χ1v) is 4.06. The Balaban J connectivity index is 2.53. The smallest absolute Gasteiger partial charge is 0.176 e. The summed E-state index contributed by atoms with van der Waals surface area (Å²) in [6.45, 7) is 1.87. The Bertz CT molecular complexity index is 405. The van der Waals surface area contributed by atoms with E-state index >= 15 is 0 Å². The number of aromatic nitrogens is 4. The highest BCUT2D eigenvalue weighted by Crippen LogP contribution is 2.11. The second kappa shape index (κ2) is 2.97. The maximum atomic E-state index is 4.27. The Labute approximate surface area is 76.3 Å². The van der Waals surface area contributed by atoms with Crippen molar-refractivity contribution in [2.75, 3.05) is 0 Å². The lowest BCUT2D eigenvalue weighted by Crippen LogP contribution is -1.95. The molecule has 0 N–H and O–H groups in total. The van der Waals surface area contributed by atoms with Crippen LogP contribution in [0.4, 0.5) is 0 Å².